The minimum atomic E-state index is -4.49. The van der Waals surface area contributed by atoms with Crippen LogP contribution in [0.15, 0.2) is 22.7 Å². The predicted molar refractivity (Wildman–Crippen MR) is 67.0 cm³/mol. The van der Waals surface area contributed by atoms with Gasteiger partial charge in [0.05, 0.1) is 12.2 Å². The zero-order valence-electron chi connectivity index (χ0n) is 9.77. The number of fused-ring (bicyclic) bond motifs is 1. The number of alkyl halides is 3. The molecule has 0 spiro atoms. The molecule has 2 aromatic rings. The normalized spacial score (nSPS) is 11.8. The van der Waals surface area contributed by atoms with E-state index in [9.17, 15) is 18.0 Å². The molecule has 0 aliphatic heterocycles. The van der Waals surface area contributed by atoms with Gasteiger partial charge in [-0.3, -0.25) is 0 Å². The summed E-state index contributed by atoms with van der Waals surface area (Å²) in [5.41, 5.74) is -0.575. The highest BCUT2D eigenvalue weighted by atomic mass is 79.9. The number of aromatic nitrogens is 1. The van der Waals surface area contributed by atoms with Gasteiger partial charge in [-0.15, -0.1) is 0 Å². The molecule has 1 heterocycles. The van der Waals surface area contributed by atoms with Crippen LogP contribution in [-0.2, 0) is 10.9 Å². The number of carbonyl (C=O) groups is 1. The number of rotatable bonds is 2. The Morgan fingerprint density at radius 1 is 1.37 bits per heavy atom. The van der Waals surface area contributed by atoms with Crippen LogP contribution < -0.4 is 0 Å². The monoisotopic (exact) mass is 335 g/mol. The van der Waals surface area contributed by atoms with Crippen molar-refractivity contribution in [3.8, 4) is 0 Å². The summed E-state index contributed by atoms with van der Waals surface area (Å²) in [4.78, 5) is 14.1. The summed E-state index contributed by atoms with van der Waals surface area (Å²) in [7, 11) is 0. The zero-order chi connectivity index (χ0) is 14.2. The van der Waals surface area contributed by atoms with E-state index in [1.54, 1.807) is 6.92 Å². The standard InChI is InChI=1S/C12H9BrF3NO2/c1-2-19-11(18)10-5-7-8(12(14,15)16)3-6(13)4-9(7)17-10/h3-5,17H,2H2,1H3. The number of ether oxygens (including phenoxy) is 1. The van der Waals surface area contributed by atoms with Crippen molar-refractivity contribution in [2.45, 2.75) is 13.1 Å². The molecule has 102 valence electrons. The van der Waals surface area contributed by atoms with Gasteiger partial charge in [0.25, 0.3) is 0 Å². The summed E-state index contributed by atoms with van der Waals surface area (Å²) in [5.74, 6) is -0.678. The van der Waals surface area contributed by atoms with E-state index in [1.165, 1.54) is 6.07 Å². The van der Waals surface area contributed by atoms with Crippen molar-refractivity contribution >= 4 is 32.8 Å². The van der Waals surface area contributed by atoms with Gasteiger partial charge in [-0.2, -0.15) is 13.2 Å². The fourth-order valence-electron chi connectivity index (χ4n) is 1.76. The molecule has 2 rings (SSSR count). The van der Waals surface area contributed by atoms with Gasteiger partial charge in [-0.25, -0.2) is 4.79 Å². The fraction of sp³-hybridized carbons (Fsp3) is 0.250. The Morgan fingerprint density at radius 2 is 2.05 bits per heavy atom. The maximum atomic E-state index is 12.9. The molecule has 0 saturated heterocycles. The summed E-state index contributed by atoms with van der Waals surface area (Å²) in [6.45, 7) is 1.78. The second kappa shape index (κ2) is 4.88. The van der Waals surface area contributed by atoms with E-state index in [1.807, 2.05) is 0 Å². The summed E-state index contributed by atoms with van der Waals surface area (Å²) in [6.07, 6.45) is -4.49. The molecule has 0 fully saturated rings. The fourth-order valence-corrected chi connectivity index (χ4v) is 2.21. The lowest BCUT2D eigenvalue weighted by Crippen LogP contribution is -2.05. The quantitative estimate of drug-likeness (QED) is 0.838. The molecule has 0 bridgehead atoms. The Labute approximate surface area is 114 Å². The van der Waals surface area contributed by atoms with E-state index in [0.29, 0.717) is 0 Å². The third-order valence-electron chi connectivity index (χ3n) is 2.50. The van der Waals surface area contributed by atoms with Crippen LogP contribution in [-0.4, -0.2) is 17.6 Å². The lowest BCUT2D eigenvalue weighted by atomic mass is 10.1. The molecule has 0 aliphatic rings. The first-order valence-electron chi connectivity index (χ1n) is 5.39. The van der Waals surface area contributed by atoms with Crippen molar-refractivity contribution < 1.29 is 22.7 Å². The van der Waals surface area contributed by atoms with Gasteiger partial charge < -0.3 is 9.72 Å². The third kappa shape index (κ3) is 2.75. The topological polar surface area (TPSA) is 42.1 Å². The lowest BCUT2D eigenvalue weighted by Gasteiger charge is -2.08. The minimum absolute atomic E-state index is 0.000417. The molecule has 0 unspecified atom stereocenters. The Kier molecular flexibility index (Phi) is 3.58. The van der Waals surface area contributed by atoms with E-state index in [4.69, 9.17) is 4.74 Å². The number of aromatic amines is 1. The highest BCUT2D eigenvalue weighted by molar-refractivity contribution is 9.10. The molecule has 0 aliphatic carbocycles. The molecule has 1 N–H and O–H groups in total. The number of hydrogen-bond donors (Lipinski definition) is 1. The molecule has 1 aromatic carbocycles. The number of nitrogens with one attached hydrogen (secondary N) is 1. The molecule has 0 atom stereocenters. The second-order valence-electron chi connectivity index (χ2n) is 3.82. The number of hydrogen-bond acceptors (Lipinski definition) is 2. The molecule has 0 saturated carbocycles. The highest BCUT2D eigenvalue weighted by Crippen LogP contribution is 2.37. The smallest absolute Gasteiger partial charge is 0.417 e. The van der Waals surface area contributed by atoms with Gasteiger partial charge in [0.1, 0.15) is 5.69 Å². The van der Waals surface area contributed by atoms with Crippen LogP contribution in [0.1, 0.15) is 23.0 Å². The minimum Gasteiger partial charge on any atom is -0.461 e. The average molecular weight is 336 g/mol. The first-order chi connectivity index (χ1) is 8.82. The second-order valence-corrected chi connectivity index (χ2v) is 4.73. The van der Waals surface area contributed by atoms with Crippen LogP contribution in [0.4, 0.5) is 13.2 Å². The number of carbonyl (C=O) groups excluding carboxylic acids is 1. The molecule has 0 amide bonds. The molecule has 1 aromatic heterocycles. The summed E-state index contributed by atoms with van der Waals surface area (Å²) in [6, 6.07) is 3.61. The van der Waals surface area contributed by atoms with Crippen LogP contribution in [0.3, 0.4) is 0 Å². The molecule has 19 heavy (non-hydrogen) atoms. The number of H-pyrrole nitrogens is 1. The number of benzene rings is 1. The van der Waals surface area contributed by atoms with Crippen molar-refractivity contribution in [1.82, 2.24) is 4.98 Å². The van der Waals surface area contributed by atoms with Gasteiger partial charge in [-0.05, 0) is 25.1 Å². The van der Waals surface area contributed by atoms with Crippen LogP contribution in [0.5, 0.6) is 0 Å². The van der Waals surface area contributed by atoms with Crippen molar-refractivity contribution in [2.24, 2.45) is 0 Å². The average Bonchev–Trinajstić information content (AvgIpc) is 2.70. The van der Waals surface area contributed by atoms with E-state index in [2.05, 4.69) is 20.9 Å². The number of esters is 1. The van der Waals surface area contributed by atoms with Crippen LogP contribution in [0.25, 0.3) is 10.9 Å². The zero-order valence-corrected chi connectivity index (χ0v) is 11.4. The van der Waals surface area contributed by atoms with Crippen LogP contribution in [0, 0.1) is 0 Å². The summed E-state index contributed by atoms with van der Waals surface area (Å²) in [5, 5.41) is -0.0567. The maximum Gasteiger partial charge on any atom is 0.417 e. The van der Waals surface area contributed by atoms with E-state index < -0.39 is 17.7 Å². The van der Waals surface area contributed by atoms with E-state index >= 15 is 0 Å². The Balaban J connectivity index is 2.62. The lowest BCUT2D eigenvalue weighted by molar-refractivity contribution is -0.136. The first kappa shape index (κ1) is 13.9. The van der Waals surface area contributed by atoms with Crippen LogP contribution in [0.2, 0.25) is 0 Å². The molecule has 3 nitrogen and oxygen atoms in total. The summed E-state index contributed by atoms with van der Waals surface area (Å²) >= 11 is 3.02. The Bertz CT molecular complexity index is 634. The van der Waals surface area contributed by atoms with Crippen molar-refractivity contribution in [1.29, 1.82) is 0 Å². The van der Waals surface area contributed by atoms with E-state index in [-0.39, 0.29) is 27.7 Å². The first-order valence-corrected chi connectivity index (χ1v) is 6.19. The number of halogens is 4. The van der Waals surface area contributed by atoms with Gasteiger partial charge in [-0.1, -0.05) is 15.9 Å². The van der Waals surface area contributed by atoms with Gasteiger partial charge in [0.2, 0.25) is 0 Å². The van der Waals surface area contributed by atoms with Crippen molar-refractivity contribution in [3.63, 3.8) is 0 Å². The van der Waals surface area contributed by atoms with E-state index in [0.717, 1.165) is 12.1 Å². The Morgan fingerprint density at radius 3 is 2.63 bits per heavy atom. The van der Waals surface area contributed by atoms with Crippen molar-refractivity contribution in [2.75, 3.05) is 6.61 Å². The van der Waals surface area contributed by atoms with Crippen molar-refractivity contribution in [3.05, 3.63) is 33.9 Å². The molecular weight excluding hydrogens is 327 g/mol. The third-order valence-corrected chi connectivity index (χ3v) is 2.96. The van der Waals surface area contributed by atoms with Crippen LogP contribution >= 0.6 is 15.9 Å². The SMILES string of the molecule is CCOC(=O)c1cc2c(C(F)(F)F)cc(Br)cc2[nH]1. The molecular formula is C12H9BrF3NO2. The maximum absolute atomic E-state index is 12.9. The van der Waals surface area contributed by atoms with Gasteiger partial charge in [0.15, 0.2) is 0 Å². The summed E-state index contributed by atoms with van der Waals surface area (Å²) < 4.78 is 43.7. The highest BCUT2D eigenvalue weighted by Gasteiger charge is 2.33. The van der Waals surface area contributed by atoms with Gasteiger partial charge in [0, 0.05) is 15.4 Å². The predicted octanol–water partition coefficient (Wildman–Crippen LogP) is 4.13. The molecule has 0 radical (unpaired) electrons. The largest absolute Gasteiger partial charge is 0.461 e. The Hall–Kier alpha value is -1.50. The van der Waals surface area contributed by atoms with Gasteiger partial charge >= 0.3 is 12.1 Å². The molecule has 7 heteroatoms.